The first-order chi connectivity index (χ1) is 9.78. The molecular formula is C17H23BrO3. The molecule has 3 nitrogen and oxygen atoms in total. The third-order valence-corrected chi connectivity index (χ3v) is 5.57. The smallest absolute Gasteiger partial charge is 0.309 e. The first-order valence-electron chi connectivity index (χ1n) is 7.34. The maximum Gasteiger partial charge on any atom is 0.309 e. The Labute approximate surface area is 134 Å². The van der Waals surface area contributed by atoms with Crippen molar-refractivity contribution >= 4 is 21.9 Å². The molecule has 0 heterocycles. The van der Waals surface area contributed by atoms with E-state index in [9.17, 15) is 9.90 Å². The van der Waals surface area contributed by atoms with Crippen molar-refractivity contribution in [2.75, 3.05) is 7.11 Å². The molecule has 0 saturated heterocycles. The fourth-order valence-corrected chi connectivity index (χ4v) is 3.44. The molecule has 0 aromatic heterocycles. The van der Waals surface area contributed by atoms with Gasteiger partial charge in [-0.2, -0.15) is 0 Å². The Morgan fingerprint density at radius 1 is 1.29 bits per heavy atom. The van der Waals surface area contributed by atoms with E-state index in [2.05, 4.69) is 29.8 Å². The minimum absolute atomic E-state index is 0.255. The number of carboxylic acid groups (broad SMARTS) is 1. The average molecular weight is 355 g/mol. The second-order valence-corrected chi connectivity index (χ2v) is 7.74. The molecule has 4 heteroatoms. The zero-order valence-electron chi connectivity index (χ0n) is 12.9. The van der Waals surface area contributed by atoms with Crippen LogP contribution >= 0.6 is 15.9 Å². The molecular weight excluding hydrogens is 332 g/mol. The summed E-state index contributed by atoms with van der Waals surface area (Å²) in [7, 11) is 1.63. The second kappa shape index (κ2) is 5.99. The molecule has 0 radical (unpaired) electrons. The maximum absolute atomic E-state index is 11.9. The molecule has 0 spiro atoms. The Bertz CT molecular complexity index is 527. The molecule has 2 rings (SSSR count). The van der Waals surface area contributed by atoms with E-state index in [-0.39, 0.29) is 5.41 Å². The highest BCUT2D eigenvalue weighted by atomic mass is 79.9. The van der Waals surface area contributed by atoms with Gasteiger partial charge in [0.2, 0.25) is 0 Å². The van der Waals surface area contributed by atoms with Crippen molar-refractivity contribution < 1.29 is 14.6 Å². The predicted molar refractivity (Wildman–Crippen MR) is 86.7 cm³/mol. The third-order valence-electron chi connectivity index (χ3n) is 4.80. The molecule has 1 aliphatic carbocycles. The number of hydrogen-bond donors (Lipinski definition) is 1. The van der Waals surface area contributed by atoms with Gasteiger partial charge >= 0.3 is 5.97 Å². The van der Waals surface area contributed by atoms with Crippen LogP contribution < -0.4 is 4.74 Å². The lowest BCUT2D eigenvalue weighted by Crippen LogP contribution is -2.39. The van der Waals surface area contributed by atoms with E-state index in [1.807, 2.05) is 18.2 Å². The van der Waals surface area contributed by atoms with Crippen LogP contribution in [-0.4, -0.2) is 18.2 Å². The Hall–Kier alpha value is -1.03. The summed E-state index contributed by atoms with van der Waals surface area (Å²) < 4.78 is 6.21. The second-order valence-electron chi connectivity index (χ2n) is 6.88. The molecule has 0 amide bonds. The van der Waals surface area contributed by atoms with E-state index in [1.165, 1.54) is 0 Å². The van der Waals surface area contributed by atoms with Crippen LogP contribution in [0.25, 0.3) is 0 Å². The summed E-state index contributed by atoms with van der Waals surface area (Å²) in [6, 6.07) is 5.75. The quantitative estimate of drug-likeness (QED) is 0.854. The summed E-state index contributed by atoms with van der Waals surface area (Å²) in [5.41, 5.74) is 0.617. The highest BCUT2D eigenvalue weighted by molar-refractivity contribution is 9.10. The maximum atomic E-state index is 11.9. The lowest BCUT2D eigenvalue weighted by atomic mass is 9.63. The zero-order chi connectivity index (χ0) is 15.7. The van der Waals surface area contributed by atoms with Gasteiger partial charge in [0.05, 0.1) is 12.5 Å². The van der Waals surface area contributed by atoms with Crippen LogP contribution in [0, 0.1) is 10.8 Å². The summed E-state index contributed by atoms with van der Waals surface area (Å²) in [6.07, 6.45) is 3.94. The van der Waals surface area contributed by atoms with Gasteiger partial charge in [0, 0.05) is 4.47 Å². The molecule has 1 aromatic carbocycles. The van der Waals surface area contributed by atoms with Gasteiger partial charge in [0.15, 0.2) is 0 Å². The van der Waals surface area contributed by atoms with Gasteiger partial charge in [-0.15, -0.1) is 0 Å². The summed E-state index contributed by atoms with van der Waals surface area (Å²) in [4.78, 5) is 11.9. The SMILES string of the molecule is COc1ccc(Br)c(CC2(C(=O)O)CCC(C)(C)CC2)c1. The van der Waals surface area contributed by atoms with Crippen molar-refractivity contribution in [3.63, 3.8) is 0 Å². The Morgan fingerprint density at radius 2 is 1.90 bits per heavy atom. The van der Waals surface area contributed by atoms with Gasteiger partial charge in [-0.3, -0.25) is 4.79 Å². The highest BCUT2D eigenvalue weighted by Gasteiger charge is 2.44. The van der Waals surface area contributed by atoms with Crippen LogP contribution in [0.2, 0.25) is 0 Å². The Morgan fingerprint density at radius 3 is 2.43 bits per heavy atom. The first kappa shape index (κ1) is 16.3. The average Bonchev–Trinajstić information content (AvgIpc) is 2.43. The Balaban J connectivity index is 2.27. The van der Waals surface area contributed by atoms with Crippen LogP contribution in [-0.2, 0) is 11.2 Å². The first-order valence-corrected chi connectivity index (χ1v) is 8.13. The van der Waals surface area contributed by atoms with Gasteiger partial charge in [0.25, 0.3) is 0 Å². The third kappa shape index (κ3) is 3.60. The minimum Gasteiger partial charge on any atom is -0.497 e. The molecule has 1 N–H and O–H groups in total. The topological polar surface area (TPSA) is 46.5 Å². The molecule has 116 valence electrons. The Kier molecular flexibility index (Phi) is 4.66. The van der Waals surface area contributed by atoms with Gasteiger partial charge in [-0.1, -0.05) is 29.8 Å². The lowest BCUT2D eigenvalue weighted by Gasteiger charge is -2.41. The highest BCUT2D eigenvalue weighted by Crippen LogP contribution is 2.47. The van der Waals surface area contributed by atoms with E-state index in [0.717, 1.165) is 41.5 Å². The number of carboxylic acids is 1. The van der Waals surface area contributed by atoms with Gasteiger partial charge < -0.3 is 9.84 Å². The normalized spacial score (nSPS) is 20.0. The number of hydrogen-bond acceptors (Lipinski definition) is 2. The van der Waals surface area contributed by atoms with E-state index in [0.29, 0.717) is 6.42 Å². The monoisotopic (exact) mass is 354 g/mol. The summed E-state index contributed by atoms with van der Waals surface area (Å²) in [5.74, 6) is 0.0950. The van der Waals surface area contributed by atoms with Crippen LogP contribution in [0.3, 0.4) is 0 Å². The van der Waals surface area contributed by atoms with Crippen LogP contribution in [0.1, 0.15) is 45.1 Å². The summed E-state index contributed by atoms with van der Waals surface area (Å²) >= 11 is 3.53. The molecule has 21 heavy (non-hydrogen) atoms. The van der Waals surface area contributed by atoms with Gasteiger partial charge in [-0.05, 0) is 61.3 Å². The van der Waals surface area contributed by atoms with E-state index in [4.69, 9.17) is 4.74 Å². The zero-order valence-corrected chi connectivity index (χ0v) is 14.5. The number of carbonyl (C=O) groups is 1. The molecule has 1 fully saturated rings. The lowest BCUT2D eigenvalue weighted by molar-refractivity contribution is -0.152. The largest absolute Gasteiger partial charge is 0.497 e. The number of methoxy groups -OCH3 is 1. The molecule has 1 aliphatic rings. The number of benzene rings is 1. The fraction of sp³-hybridized carbons (Fsp3) is 0.588. The van der Waals surface area contributed by atoms with Gasteiger partial charge in [0.1, 0.15) is 5.75 Å². The van der Waals surface area contributed by atoms with E-state index in [1.54, 1.807) is 7.11 Å². The van der Waals surface area contributed by atoms with E-state index < -0.39 is 11.4 Å². The minimum atomic E-state index is -0.673. The number of ether oxygens (including phenoxy) is 1. The number of rotatable bonds is 4. The fourth-order valence-electron chi connectivity index (χ4n) is 3.05. The molecule has 0 aliphatic heterocycles. The summed E-state index contributed by atoms with van der Waals surface area (Å²) in [5, 5.41) is 9.79. The molecule has 1 saturated carbocycles. The molecule has 0 bridgehead atoms. The van der Waals surface area contributed by atoms with E-state index >= 15 is 0 Å². The van der Waals surface area contributed by atoms with Crippen LogP contribution in [0.5, 0.6) is 5.75 Å². The van der Waals surface area contributed by atoms with Crippen molar-refractivity contribution in [1.82, 2.24) is 0 Å². The number of aliphatic carboxylic acids is 1. The molecule has 0 unspecified atom stereocenters. The van der Waals surface area contributed by atoms with Gasteiger partial charge in [-0.25, -0.2) is 0 Å². The van der Waals surface area contributed by atoms with Crippen molar-refractivity contribution in [3.05, 3.63) is 28.2 Å². The van der Waals surface area contributed by atoms with Crippen molar-refractivity contribution in [2.45, 2.75) is 46.0 Å². The standard InChI is InChI=1S/C17H23BrO3/c1-16(2)6-8-17(9-7-16,15(19)20)11-12-10-13(21-3)4-5-14(12)18/h4-5,10H,6-9,11H2,1-3H3,(H,19,20). The van der Waals surface area contributed by atoms with Crippen LogP contribution in [0.15, 0.2) is 22.7 Å². The summed E-state index contributed by atoms with van der Waals surface area (Å²) in [6.45, 7) is 4.44. The van der Waals surface area contributed by atoms with Crippen LogP contribution in [0.4, 0.5) is 0 Å². The van der Waals surface area contributed by atoms with Crippen molar-refractivity contribution in [3.8, 4) is 5.75 Å². The molecule has 1 aromatic rings. The molecule has 0 atom stereocenters. The predicted octanol–water partition coefficient (Wildman–Crippen LogP) is 4.67. The number of halogens is 1. The van der Waals surface area contributed by atoms with Crippen molar-refractivity contribution in [1.29, 1.82) is 0 Å². The van der Waals surface area contributed by atoms with Crippen molar-refractivity contribution in [2.24, 2.45) is 10.8 Å².